The fourth-order valence-electron chi connectivity index (χ4n) is 2.70. The number of carboxylic acids is 1. The first-order valence-corrected chi connectivity index (χ1v) is 8.21. The number of aliphatic carboxylic acids is 1. The molecule has 0 aromatic carbocycles. The standard InChI is InChI=1S/C16H20N2O4S/c1-8-4-5-23-13(8)15(20)18-17-14(19)11-6-9(2)10(3)7-12(11)16(21)22/h4-5,11-12H,6-7H2,1-3H3,(H,17,19)(H,18,20)(H,21,22). The Morgan fingerprint density at radius 3 is 2.22 bits per heavy atom. The van der Waals surface area contributed by atoms with Gasteiger partial charge < -0.3 is 5.11 Å². The highest BCUT2D eigenvalue weighted by atomic mass is 32.1. The van der Waals surface area contributed by atoms with Gasteiger partial charge in [-0.25, -0.2) is 0 Å². The predicted molar refractivity (Wildman–Crippen MR) is 86.9 cm³/mol. The highest BCUT2D eigenvalue weighted by Gasteiger charge is 2.37. The first-order valence-electron chi connectivity index (χ1n) is 7.33. The first kappa shape index (κ1) is 17.2. The molecule has 124 valence electrons. The smallest absolute Gasteiger partial charge is 0.307 e. The number of rotatable bonds is 3. The zero-order valence-electron chi connectivity index (χ0n) is 13.3. The lowest BCUT2D eigenvalue weighted by Gasteiger charge is -2.29. The van der Waals surface area contributed by atoms with Crippen LogP contribution < -0.4 is 10.9 Å². The molecule has 0 saturated heterocycles. The van der Waals surface area contributed by atoms with Crippen LogP contribution in [-0.4, -0.2) is 22.9 Å². The molecule has 0 saturated carbocycles. The lowest BCUT2D eigenvalue weighted by Crippen LogP contribution is -2.48. The second kappa shape index (κ2) is 6.95. The van der Waals surface area contributed by atoms with Gasteiger partial charge in [0.2, 0.25) is 5.91 Å². The maximum Gasteiger partial charge on any atom is 0.307 e. The van der Waals surface area contributed by atoms with Crippen molar-refractivity contribution in [3.05, 3.63) is 33.0 Å². The van der Waals surface area contributed by atoms with Crippen molar-refractivity contribution in [1.82, 2.24) is 10.9 Å². The molecule has 6 nitrogen and oxygen atoms in total. The van der Waals surface area contributed by atoms with Crippen molar-refractivity contribution in [2.24, 2.45) is 11.8 Å². The van der Waals surface area contributed by atoms with E-state index in [0.29, 0.717) is 17.7 Å². The lowest BCUT2D eigenvalue weighted by molar-refractivity contribution is -0.147. The molecule has 0 aliphatic heterocycles. The summed E-state index contributed by atoms with van der Waals surface area (Å²) in [5.74, 6) is -3.29. The van der Waals surface area contributed by atoms with E-state index in [9.17, 15) is 19.5 Å². The average Bonchev–Trinajstić information content (AvgIpc) is 2.92. The number of carbonyl (C=O) groups excluding carboxylic acids is 2. The van der Waals surface area contributed by atoms with Crippen LogP contribution in [0.1, 0.15) is 41.9 Å². The molecule has 1 aromatic heterocycles. The zero-order valence-corrected chi connectivity index (χ0v) is 14.1. The molecule has 1 heterocycles. The maximum atomic E-state index is 12.3. The van der Waals surface area contributed by atoms with Crippen LogP contribution in [0.2, 0.25) is 0 Å². The molecule has 0 fully saturated rings. The van der Waals surface area contributed by atoms with Gasteiger partial charge in [-0.15, -0.1) is 11.3 Å². The number of nitrogens with one attached hydrogen (secondary N) is 2. The molecule has 1 aliphatic rings. The highest BCUT2D eigenvalue weighted by molar-refractivity contribution is 7.12. The Morgan fingerprint density at radius 2 is 1.70 bits per heavy atom. The molecule has 2 unspecified atom stereocenters. The molecule has 23 heavy (non-hydrogen) atoms. The minimum absolute atomic E-state index is 0.358. The summed E-state index contributed by atoms with van der Waals surface area (Å²) in [6, 6.07) is 1.82. The van der Waals surface area contributed by atoms with Crippen LogP contribution in [0.25, 0.3) is 0 Å². The first-order chi connectivity index (χ1) is 10.8. The second-order valence-corrected chi connectivity index (χ2v) is 6.81. The summed E-state index contributed by atoms with van der Waals surface area (Å²) in [6.07, 6.45) is 0.750. The van der Waals surface area contributed by atoms with Crippen molar-refractivity contribution < 1.29 is 19.5 Å². The molecule has 1 aliphatic carbocycles. The topological polar surface area (TPSA) is 95.5 Å². The molecule has 0 spiro atoms. The van der Waals surface area contributed by atoms with Crippen molar-refractivity contribution in [2.75, 3.05) is 0 Å². The Bertz CT molecular complexity index is 677. The van der Waals surface area contributed by atoms with Gasteiger partial charge in [0.15, 0.2) is 0 Å². The summed E-state index contributed by atoms with van der Waals surface area (Å²) in [6.45, 7) is 5.60. The number of allylic oxidation sites excluding steroid dienone is 2. The third-order valence-electron chi connectivity index (χ3n) is 4.29. The molecule has 3 N–H and O–H groups in total. The van der Waals surface area contributed by atoms with Crippen LogP contribution in [0.15, 0.2) is 22.6 Å². The number of aryl methyl sites for hydroxylation is 1. The summed E-state index contributed by atoms with van der Waals surface area (Å²) in [5, 5.41) is 11.1. The van der Waals surface area contributed by atoms with E-state index >= 15 is 0 Å². The number of carbonyl (C=O) groups is 3. The molecular weight excluding hydrogens is 316 g/mol. The van der Waals surface area contributed by atoms with Gasteiger partial charge in [-0.05, 0) is 50.6 Å². The summed E-state index contributed by atoms with van der Waals surface area (Å²) >= 11 is 1.29. The zero-order chi connectivity index (χ0) is 17.1. The number of hydrazine groups is 1. The number of hydrogen-bond acceptors (Lipinski definition) is 4. The Balaban J connectivity index is 2.03. The highest BCUT2D eigenvalue weighted by Crippen LogP contribution is 2.34. The Morgan fingerprint density at radius 1 is 1.09 bits per heavy atom. The predicted octanol–water partition coefficient (Wildman–Crippen LogP) is 2.26. The van der Waals surface area contributed by atoms with Crippen LogP contribution in [-0.2, 0) is 9.59 Å². The van der Waals surface area contributed by atoms with Gasteiger partial charge in [0.25, 0.3) is 5.91 Å². The minimum atomic E-state index is -0.988. The monoisotopic (exact) mass is 336 g/mol. The van der Waals surface area contributed by atoms with Gasteiger partial charge in [-0.2, -0.15) is 0 Å². The quantitative estimate of drug-likeness (QED) is 0.583. The van der Waals surface area contributed by atoms with Gasteiger partial charge in [-0.1, -0.05) is 11.1 Å². The van der Waals surface area contributed by atoms with E-state index in [1.807, 2.05) is 26.8 Å². The summed E-state index contributed by atoms with van der Waals surface area (Å²) in [7, 11) is 0. The largest absolute Gasteiger partial charge is 0.481 e. The van der Waals surface area contributed by atoms with Gasteiger partial charge >= 0.3 is 5.97 Å². The van der Waals surface area contributed by atoms with E-state index in [1.54, 1.807) is 5.38 Å². The lowest BCUT2D eigenvalue weighted by atomic mass is 9.76. The van der Waals surface area contributed by atoms with Crippen molar-refractivity contribution in [1.29, 1.82) is 0 Å². The van der Waals surface area contributed by atoms with Crippen molar-refractivity contribution in [3.8, 4) is 0 Å². The number of hydrogen-bond donors (Lipinski definition) is 3. The second-order valence-electron chi connectivity index (χ2n) is 5.90. The van der Waals surface area contributed by atoms with Crippen molar-refractivity contribution in [3.63, 3.8) is 0 Å². The third-order valence-corrected chi connectivity index (χ3v) is 5.30. The van der Waals surface area contributed by atoms with E-state index in [1.165, 1.54) is 11.3 Å². The van der Waals surface area contributed by atoms with Crippen LogP contribution in [0.3, 0.4) is 0 Å². The van der Waals surface area contributed by atoms with Crippen molar-refractivity contribution in [2.45, 2.75) is 33.6 Å². The van der Waals surface area contributed by atoms with E-state index in [2.05, 4.69) is 10.9 Å². The van der Waals surface area contributed by atoms with E-state index in [0.717, 1.165) is 16.7 Å². The average molecular weight is 336 g/mol. The van der Waals surface area contributed by atoms with Crippen LogP contribution in [0.4, 0.5) is 0 Å². The number of carboxylic acid groups (broad SMARTS) is 1. The summed E-state index contributed by atoms with van der Waals surface area (Å²) < 4.78 is 0. The Labute approximate surface area is 138 Å². The Hall–Kier alpha value is -2.15. The van der Waals surface area contributed by atoms with Crippen LogP contribution in [0.5, 0.6) is 0 Å². The SMILES string of the molecule is CC1=C(C)CC(C(=O)NNC(=O)c2sccc2C)C(C(=O)O)C1. The molecule has 0 bridgehead atoms. The molecule has 7 heteroatoms. The van der Waals surface area contributed by atoms with E-state index in [4.69, 9.17) is 0 Å². The molecule has 2 amide bonds. The van der Waals surface area contributed by atoms with Gasteiger partial charge in [0.05, 0.1) is 16.7 Å². The minimum Gasteiger partial charge on any atom is -0.481 e. The van der Waals surface area contributed by atoms with E-state index in [-0.39, 0.29) is 0 Å². The van der Waals surface area contributed by atoms with Crippen LogP contribution in [0, 0.1) is 18.8 Å². The normalized spacial score (nSPS) is 21.0. The molecule has 2 rings (SSSR count). The number of amides is 2. The molecular formula is C16H20N2O4S. The number of thiophene rings is 1. The summed E-state index contributed by atoms with van der Waals surface area (Å²) in [5.41, 5.74) is 7.62. The summed E-state index contributed by atoms with van der Waals surface area (Å²) in [4.78, 5) is 36.2. The van der Waals surface area contributed by atoms with Gasteiger partial charge in [-0.3, -0.25) is 25.2 Å². The molecule has 2 atom stereocenters. The molecule has 0 radical (unpaired) electrons. The van der Waals surface area contributed by atoms with Crippen molar-refractivity contribution >= 4 is 29.1 Å². The van der Waals surface area contributed by atoms with Gasteiger partial charge in [0, 0.05) is 0 Å². The van der Waals surface area contributed by atoms with E-state index < -0.39 is 29.6 Å². The fraction of sp³-hybridized carbons (Fsp3) is 0.438. The molecule has 1 aromatic rings. The Kier molecular flexibility index (Phi) is 5.20. The fourth-order valence-corrected chi connectivity index (χ4v) is 3.52. The van der Waals surface area contributed by atoms with Gasteiger partial charge in [0.1, 0.15) is 0 Å². The maximum absolute atomic E-state index is 12.3. The third kappa shape index (κ3) is 3.79. The van der Waals surface area contributed by atoms with Crippen LogP contribution >= 0.6 is 11.3 Å².